The number of H-pyrrole nitrogens is 1. The lowest BCUT2D eigenvalue weighted by Crippen LogP contribution is -1.89. The van der Waals surface area contributed by atoms with Gasteiger partial charge in [-0.3, -0.25) is 0 Å². The lowest BCUT2D eigenvalue weighted by atomic mass is 10.1. The predicted molar refractivity (Wildman–Crippen MR) is 64.9 cm³/mol. The van der Waals surface area contributed by atoms with Gasteiger partial charge in [0.2, 0.25) is 0 Å². The Bertz CT molecular complexity index is 571. The lowest BCUT2D eigenvalue weighted by Gasteiger charge is -2.06. The third kappa shape index (κ3) is 2.40. The van der Waals surface area contributed by atoms with Gasteiger partial charge in [-0.15, -0.1) is 0 Å². The maximum Gasteiger partial charge on any atom is 0.128 e. The number of nitriles is 1. The zero-order valence-electron chi connectivity index (χ0n) is 9.20. The second-order valence-electron chi connectivity index (χ2n) is 3.42. The summed E-state index contributed by atoms with van der Waals surface area (Å²) in [5, 5.41) is 9.21. The van der Waals surface area contributed by atoms with E-state index in [0.29, 0.717) is 16.6 Å². The van der Waals surface area contributed by atoms with E-state index >= 15 is 0 Å². The molecule has 0 bridgehead atoms. The van der Waals surface area contributed by atoms with Crippen LogP contribution in [0.4, 0.5) is 0 Å². The molecule has 86 valence electrons. The van der Waals surface area contributed by atoms with Gasteiger partial charge < -0.3 is 9.72 Å². The Morgan fingerprint density at radius 3 is 3.06 bits per heavy atom. The molecule has 17 heavy (non-hydrogen) atoms. The molecule has 1 aromatic carbocycles. The molecule has 0 amide bonds. The van der Waals surface area contributed by atoms with Crippen molar-refractivity contribution in [1.82, 2.24) is 9.97 Å². The Morgan fingerprint density at radius 2 is 2.35 bits per heavy atom. The van der Waals surface area contributed by atoms with E-state index < -0.39 is 0 Å². The van der Waals surface area contributed by atoms with Gasteiger partial charge in [0.15, 0.2) is 0 Å². The molecule has 0 spiro atoms. The number of methoxy groups -OCH3 is 1. The van der Waals surface area contributed by atoms with Crippen LogP contribution in [0.5, 0.6) is 5.75 Å². The van der Waals surface area contributed by atoms with Crippen molar-refractivity contribution >= 4 is 11.6 Å². The van der Waals surface area contributed by atoms with E-state index in [0.717, 1.165) is 11.3 Å². The maximum atomic E-state index is 8.59. The van der Waals surface area contributed by atoms with Crippen molar-refractivity contribution < 1.29 is 4.74 Å². The van der Waals surface area contributed by atoms with Crippen molar-refractivity contribution in [3.63, 3.8) is 0 Å². The van der Waals surface area contributed by atoms with E-state index in [9.17, 15) is 0 Å². The maximum absolute atomic E-state index is 8.59. The molecule has 1 aromatic heterocycles. The zero-order valence-corrected chi connectivity index (χ0v) is 9.95. The summed E-state index contributed by atoms with van der Waals surface area (Å²) in [6, 6.07) is 7.39. The van der Waals surface area contributed by atoms with E-state index in [-0.39, 0.29) is 6.42 Å². The monoisotopic (exact) mass is 247 g/mol. The van der Waals surface area contributed by atoms with Gasteiger partial charge in [0.1, 0.15) is 11.6 Å². The summed E-state index contributed by atoms with van der Waals surface area (Å²) in [7, 11) is 1.60. The Balaban J connectivity index is 2.44. The number of rotatable bonds is 3. The van der Waals surface area contributed by atoms with Gasteiger partial charge in [-0.1, -0.05) is 11.6 Å². The summed E-state index contributed by atoms with van der Waals surface area (Å²) in [6.45, 7) is 0. The molecule has 2 rings (SSSR count). The van der Waals surface area contributed by atoms with Crippen molar-refractivity contribution in [1.29, 1.82) is 5.26 Å². The van der Waals surface area contributed by atoms with Gasteiger partial charge in [-0.2, -0.15) is 5.26 Å². The van der Waals surface area contributed by atoms with Crippen LogP contribution in [0.15, 0.2) is 24.4 Å². The van der Waals surface area contributed by atoms with E-state index in [4.69, 9.17) is 21.6 Å². The number of aromatic amines is 1. The van der Waals surface area contributed by atoms with Gasteiger partial charge in [-0.05, 0) is 18.2 Å². The molecule has 0 saturated heterocycles. The van der Waals surface area contributed by atoms with Crippen LogP contribution < -0.4 is 4.74 Å². The molecule has 1 N–H and O–H groups in total. The Kier molecular flexibility index (Phi) is 3.31. The van der Waals surface area contributed by atoms with Crippen LogP contribution in [0.1, 0.15) is 5.82 Å². The van der Waals surface area contributed by atoms with Gasteiger partial charge >= 0.3 is 0 Å². The highest BCUT2D eigenvalue weighted by Crippen LogP contribution is 2.31. The van der Waals surface area contributed by atoms with Gasteiger partial charge in [0.25, 0.3) is 0 Å². The van der Waals surface area contributed by atoms with Gasteiger partial charge in [-0.25, -0.2) is 4.98 Å². The first-order chi connectivity index (χ1) is 8.24. The average Bonchev–Trinajstić information content (AvgIpc) is 2.78. The molecule has 5 heteroatoms. The average molecular weight is 248 g/mol. The predicted octanol–water partition coefficient (Wildman–Crippen LogP) is 2.80. The Morgan fingerprint density at radius 1 is 1.53 bits per heavy atom. The number of imidazole rings is 1. The molecule has 0 aliphatic carbocycles. The molecular weight excluding hydrogens is 238 g/mol. The molecular formula is C12H10ClN3O. The SMILES string of the molecule is COc1ccc(Cl)cc1-c1cnc(CC#N)[nH]1. The largest absolute Gasteiger partial charge is 0.496 e. The smallest absolute Gasteiger partial charge is 0.128 e. The fraction of sp³-hybridized carbons (Fsp3) is 0.167. The minimum absolute atomic E-state index is 0.253. The number of nitrogens with one attached hydrogen (secondary N) is 1. The van der Waals surface area contributed by atoms with Crippen molar-refractivity contribution in [2.75, 3.05) is 7.11 Å². The number of nitrogens with zero attached hydrogens (tertiary/aromatic N) is 2. The minimum atomic E-state index is 0.253. The number of ether oxygens (including phenoxy) is 1. The topological polar surface area (TPSA) is 61.7 Å². The number of aromatic nitrogens is 2. The summed E-state index contributed by atoms with van der Waals surface area (Å²) < 4.78 is 5.25. The first kappa shape index (κ1) is 11.5. The van der Waals surface area contributed by atoms with Crippen molar-refractivity contribution in [2.24, 2.45) is 0 Å². The van der Waals surface area contributed by atoms with Gasteiger partial charge in [0, 0.05) is 10.6 Å². The quantitative estimate of drug-likeness (QED) is 0.907. The second-order valence-corrected chi connectivity index (χ2v) is 3.86. The summed E-state index contributed by atoms with van der Waals surface area (Å²) in [5.41, 5.74) is 1.62. The fourth-order valence-corrected chi connectivity index (χ4v) is 1.73. The van der Waals surface area contributed by atoms with Crippen LogP contribution in [0.25, 0.3) is 11.3 Å². The highest BCUT2D eigenvalue weighted by molar-refractivity contribution is 6.30. The van der Waals surface area contributed by atoms with Crippen LogP contribution in [-0.4, -0.2) is 17.1 Å². The number of hydrogen-bond donors (Lipinski definition) is 1. The second kappa shape index (κ2) is 4.89. The first-order valence-electron chi connectivity index (χ1n) is 4.99. The van der Waals surface area contributed by atoms with Crippen LogP contribution in [0.3, 0.4) is 0 Å². The molecule has 0 aliphatic heterocycles. The molecule has 0 saturated carbocycles. The molecule has 4 nitrogen and oxygen atoms in total. The third-order valence-corrected chi connectivity index (χ3v) is 2.56. The van der Waals surface area contributed by atoms with Crippen LogP contribution in [0.2, 0.25) is 5.02 Å². The molecule has 0 aliphatic rings. The molecule has 0 fully saturated rings. The van der Waals surface area contributed by atoms with Crippen molar-refractivity contribution in [2.45, 2.75) is 6.42 Å². The molecule has 0 unspecified atom stereocenters. The minimum Gasteiger partial charge on any atom is -0.496 e. The van der Waals surface area contributed by atoms with Crippen molar-refractivity contribution in [3.8, 4) is 23.1 Å². The number of hydrogen-bond acceptors (Lipinski definition) is 3. The van der Waals surface area contributed by atoms with Crippen molar-refractivity contribution in [3.05, 3.63) is 35.2 Å². The summed E-state index contributed by atoms with van der Waals surface area (Å²) in [5.74, 6) is 1.34. The van der Waals surface area contributed by atoms with Crippen LogP contribution >= 0.6 is 11.6 Å². The first-order valence-corrected chi connectivity index (χ1v) is 5.37. The van der Waals surface area contributed by atoms with E-state index in [2.05, 4.69) is 9.97 Å². The lowest BCUT2D eigenvalue weighted by molar-refractivity contribution is 0.416. The number of benzene rings is 1. The molecule has 1 heterocycles. The van der Waals surface area contributed by atoms with E-state index in [1.54, 1.807) is 31.5 Å². The normalized spacial score (nSPS) is 9.94. The third-order valence-electron chi connectivity index (χ3n) is 2.33. The summed E-state index contributed by atoms with van der Waals surface area (Å²) in [4.78, 5) is 7.17. The van der Waals surface area contributed by atoms with Gasteiger partial charge in [0.05, 0.1) is 31.5 Å². The Labute approximate surface area is 104 Å². The van der Waals surface area contributed by atoms with Crippen LogP contribution in [-0.2, 0) is 6.42 Å². The highest BCUT2D eigenvalue weighted by Gasteiger charge is 2.09. The zero-order chi connectivity index (χ0) is 12.3. The summed E-state index contributed by atoms with van der Waals surface area (Å²) in [6.07, 6.45) is 1.92. The Hall–Kier alpha value is -1.99. The number of halogens is 1. The van der Waals surface area contributed by atoms with E-state index in [1.807, 2.05) is 6.07 Å². The van der Waals surface area contributed by atoms with Crippen LogP contribution in [0, 0.1) is 11.3 Å². The van der Waals surface area contributed by atoms with E-state index in [1.165, 1.54) is 0 Å². The summed E-state index contributed by atoms with van der Waals surface area (Å²) >= 11 is 5.95. The highest BCUT2D eigenvalue weighted by atomic mass is 35.5. The standard InChI is InChI=1S/C12H10ClN3O/c1-17-11-3-2-8(13)6-9(11)10-7-15-12(16-10)4-5-14/h2-3,6-7H,4H2,1H3,(H,15,16). The fourth-order valence-electron chi connectivity index (χ4n) is 1.55. The molecule has 0 atom stereocenters. The molecule has 0 radical (unpaired) electrons. The molecule has 2 aromatic rings.